The van der Waals surface area contributed by atoms with Crippen LogP contribution in [0.1, 0.15) is 82.3 Å². The fourth-order valence-electron chi connectivity index (χ4n) is 8.62. The van der Waals surface area contributed by atoms with Crippen LogP contribution in [-0.2, 0) is 31.1 Å². The van der Waals surface area contributed by atoms with Crippen LogP contribution in [0.15, 0.2) is 97.6 Å². The second-order valence-corrected chi connectivity index (χ2v) is 33.7. The Morgan fingerprint density at radius 2 is 1.02 bits per heavy atom. The summed E-state index contributed by atoms with van der Waals surface area (Å²) in [5.41, 5.74) is 11.9. The number of carbonyl (C=O) groups is 2. The van der Waals surface area contributed by atoms with Crippen molar-refractivity contribution in [2.24, 2.45) is 0 Å². The van der Waals surface area contributed by atoms with Crippen molar-refractivity contribution in [3.05, 3.63) is 148 Å². The Labute approximate surface area is 506 Å². The Balaban J connectivity index is 0.000000195. The molecule has 3 saturated heterocycles. The number of ether oxygens (including phenoxy) is 2. The summed E-state index contributed by atoms with van der Waals surface area (Å²) < 4.78 is 101. The van der Waals surface area contributed by atoms with E-state index >= 15 is 0 Å². The molecule has 2 amide bonds. The summed E-state index contributed by atoms with van der Waals surface area (Å²) >= 11 is 6.07. The van der Waals surface area contributed by atoms with Crippen LogP contribution in [0.25, 0.3) is 11.1 Å². The van der Waals surface area contributed by atoms with E-state index in [-0.39, 0.29) is 11.1 Å². The van der Waals surface area contributed by atoms with E-state index in [4.69, 9.17) is 35.4 Å². The first-order chi connectivity index (χ1) is 40.2. The first-order valence-corrected chi connectivity index (χ1v) is 35.2. The van der Waals surface area contributed by atoms with E-state index in [0.717, 1.165) is 114 Å². The Hall–Kier alpha value is -7.09. The van der Waals surface area contributed by atoms with Crippen molar-refractivity contribution in [3.8, 4) is 34.1 Å². The molecule has 2 aromatic carbocycles. The Bertz CT molecular complexity index is 3550. The minimum atomic E-state index is -4.63. The summed E-state index contributed by atoms with van der Waals surface area (Å²) in [5.74, 6) is 5.21. The molecule has 0 bridgehead atoms. The van der Waals surface area contributed by atoms with Crippen LogP contribution in [0, 0.1) is 36.8 Å². The third kappa shape index (κ3) is 18.2. The lowest BCUT2D eigenvalue weighted by Gasteiger charge is -2.32. The monoisotopic (exact) mass is 1240 g/mol. The molecule has 0 radical (unpaired) electrons. The first kappa shape index (κ1) is 66.4. The van der Waals surface area contributed by atoms with Gasteiger partial charge in [-0.05, 0) is 119 Å². The molecule has 0 atom stereocenters. The van der Waals surface area contributed by atoms with E-state index in [1.807, 2.05) is 53.7 Å². The predicted octanol–water partition coefficient (Wildman–Crippen LogP) is 12.5. The van der Waals surface area contributed by atoms with Crippen LogP contribution in [-0.4, -0.2) is 119 Å². The Morgan fingerprint density at radius 1 is 0.593 bits per heavy atom. The van der Waals surface area contributed by atoms with Crippen molar-refractivity contribution < 1.29 is 54.7 Å². The molecule has 14 nitrogen and oxygen atoms in total. The Kier molecular flexibility index (Phi) is 21.1. The number of alkyl halides is 6. The molecule has 2 N–H and O–H groups in total. The van der Waals surface area contributed by atoms with Gasteiger partial charge in [-0.15, -0.1) is 11.1 Å². The highest BCUT2D eigenvalue weighted by molar-refractivity contribution is 6.84. The largest absolute Gasteiger partial charge is 0.495 e. The molecule has 3 fully saturated rings. The van der Waals surface area contributed by atoms with E-state index in [2.05, 4.69) is 104 Å². The number of aryl methyl sites for hydroxylation is 2. The molecule has 0 aliphatic carbocycles. The lowest BCUT2D eigenvalue weighted by atomic mass is 9.76. The van der Waals surface area contributed by atoms with Crippen LogP contribution >= 0.6 is 11.6 Å². The number of morpholine rings is 2. The average molecular weight is 1240 g/mol. The van der Waals surface area contributed by atoms with Gasteiger partial charge in [0.15, 0.2) is 0 Å². The summed E-state index contributed by atoms with van der Waals surface area (Å²) in [6, 6.07) is 18.5. The number of amides is 2. The van der Waals surface area contributed by atoms with Crippen molar-refractivity contribution in [2.75, 3.05) is 73.0 Å². The van der Waals surface area contributed by atoms with Crippen LogP contribution in [0.2, 0.25) is 44.3 Å². The zero-order chi connectivity index (χ0) is 63.0. The van der Waals surface area contributed by atoms with Gasteiger partial charge in [0.05, 0.1) is 54.0 Å². The molecule has 6 aromatic rings. The van der Waals surface area contributed by atoms with Gasteiger partial charge in [-0.3, -0.25) is 19.6 Å². The quantitative estimate of drug-likeness (QED) is 0.0847. The van der Waals surface area contributed by atoms with Crippen LogP contribution in [0.4, 0.5) is 49.1 Å². The third-order valence-corrected chi connectivity index (χ3v) is 15.9. The van der Waals surface area contributed by atoms with Gasteiger partial charge in [0.2, 0.25) is 0 Å². The van der Waals surface area contributed by atoms with E-state index in [1.165, 1.54) is 12.1 Å². The van der Waals surface area contributed by atoms with E-state index in [0.29, 0.717) is 29.6 Å². The standard InChI is InChI=1S/C28H29F3N4O2Si.C20H22BF3N2O3.C14H19ClN2OSi/c1-19-5-6-22(34-27(36)20-7-9-32-26(16-20)28(29,30)31)17-23(19)21-15-25(35-10-12-37-13-11-35)24(33-18-21)8-14-38(2,3)4;1-12-6-7-14(11-15(12)21-28-18(2,3)19(4,5)29-21)26-17(27)13-8-9-25-16(10-13)20(22,23)24;1-19(2,3)9-4-13-14(10-12(15)11-16-13)17-5-7-18-8-6-17/h5-7,9,15-18H,10-13H2,1-4H3,(H,34,36);6-11H,1-5H3,(H,26,27);10-11H,5-8H2,1-3H3. The second kappa shape index (κ2) is 27.3. The van der Waals surface area contributed by atoms with Gasteiger partial charge in [-0.2, -0.15) is 26.3 Å². The highest BCUT2D eigenvalue weighted by Crippen LogP contribution is 2.38. The average Bonchev–Trinajstić information content (AvgIpc) is 1.97. The summed E-state index contributed by atoms with van der Waals surface area (Å²) in [5, 5.41) is 5.98. The maximum absolute atomic E-state index is 13.0. The maximum Gasteiger partial charge on any atom is 0.495 e. The summed E-state index contributed by atoms with van der Waals surface area (Å²) in [6.07, 6.45) is -3.88. The number of rotatable bonds is 8. The normalized spacial score (nSPS) is 15.8. The minimum Gasteiger partial charge on any atom is -0.399 e. The zero-order valence-corrected chi connectivity index (χ0v) is 53.0. The van der Waals surface area contributed by atoms with Crippen molar-refractivity contribution in [1.82, 2.24) is 19.9 Å². The van der Waals surface area contributed by atoms with Crippen molar-refractivity contribution >= 4 is 74.9 Å². The van der Waals surface area contributed by atoms with Crippen LogP contribution in [0.5, 0.6) is 0 Å². The molecule has 7 heterocycles. The number of aromatic nitrogens is 4. The molecule has 24 heteroatoms. The van der Waals surface area contributed by atoms with Crippen molar-refractivity contribution in [2.45, 2.75) is 104 Å². The van der Waals surface area contributed by atoms with E-state index in [9.17, 15) is 35.9 Å². The molecule has 0 unspecified atom stereocenters. The van der Waals surface area contributed by atoms with Crippen LogP contribution in [0.3, 0.4) is 0 Å². The molecule has 4 aromatic heterocycles. The van der Waals surface area contributed by atoms with Crippen molar-refractivity contribution in [1.29, 1.82) is 0 Å². The maximum atomic E-state index is 13.0. The molecular formula is C62H70BClF6N8O6Si2. The fourth-order valence-corrected chi connectivity index (χ4v) is 9.76. The smallest absolute Gasteiger partial charge is 0.399 e. The zero-order valence-electron chi connectivity index (χ0n) is 50.3. The fraction of sp³-hybridized carbons (Fsp3) is 0.387. The highest BCUT2D eigenvalue weighted by Gasteiger charge is 2.52. The topological polar surface area (TPSA) is 153 Å². The minimum absolute atomic E-state index is 0.129. The van der Waals surface area contributed by atoms with E-state index in [1.54, 1.807) is 42.7 Å². The number of hydrogen-bond acceptors (Lipinski definition) is 12. The molecular weight excluding hydrogens is 1170 g/mol. The van der Waals surface area contributed by atoms with Gasteiger partial charge in [0, 0.05) is 79.0 Å². The molecule has 3 aliphatic heterocycles. The Morgan fingerprint density at radius 3 is 1.48 bits per heavy atom. The number of hydrogen-bond donors (Lipinski definition) is 2. The number of halogens is 7. The second-order valence-electron chi connectivity index (χ2n) is 23.8. The van der Waals surface area contributed by atoms with Gasteiger partial charge in [-0.25, -0.2) is 9.97 Å². The number of benzene rings is 2. The van der Waals surface area contributed by atoms with Gasteiger partial charge in [0.25, 0.3) is 11.8 Å². The number of anilines is 4. The number of nitrogens with zero attached hydrogens (tertiary/aromatic N) is 6. The molecule has 0 spiro atoms. The summed E-state index contributed by atoms with van der Waals surface area (Å²) in [6.45, 7) is 30.8. The molecule has 86 heavy (non-hydrogen) atoms. The van der Waals surface area contributed by atoms with Gasteiger partial charge < -0.3 is 39.2 Å². The SMILES string of the molecule is C[Si](C)(C)C#Cc1ncc(Cl)cc1N1CCOCC1.Cc1ccc(NC(=O)c2ccnc(C(F)(F)F)c2)cc1-c1cnc(C#C[Si](C)(C)C)c(N2CCOCC2)c1.Cc1ccc(NC(=O)c2ccnc(C(F)(F)F)c2)cc1B1OC(C)(C)C(C)(C)O1. The summed E-state index contributed by atoms with van der Waals surface area (Å²) in [7, 11) is -3.63. The predicted molar refractivity (Wildman–Crippen MR) is 331 cm³/mol. The van der Waals surface area contributed by atoms with Crippen LogP contribution < -0.4 is 25.9 Å². The van der Waals surface area contributed by atoms with Gasteiger partial charge in [0.1, 0.15) is 38.9 Å². The molecule has 454 valence electrons. The lowest BCUT2D eigenvalue weighted by Crippen LogP contribution is -2.41. The number of pyridine rings is 4. The lowest BCUT2D eigenvalue weighted by molar-refractivity contribution is -0.142. The molecule has 9 rings (SSSR count). The van der Waals surface area contributed by atoms with E-state index < -0.39 is 70.0 Å². The third-order valence-electron chi connectivity index (χ3n) is 14.0. The molecule has 0 saturated carbocycles. The summed E-state index contributed by atoms with van der Waals surface area (Å²) in [4.78, 5) is 45.3. The highest BCUT2D eigenvalue weighted by atomic mass is 35.5. The number of carbonyl (C=O) groups excluding carboxylic acids is 2. The first-order valence-electron chi connectivity index (χ1n) is 27.8. The number of nitrogens with one attached hydrogen (secondary N) is 2. The van der Waals surface area contributed by atoms with Gasteiger partial charge in [-0.1, -0.05) is 80.4 Å². The molecule has 3 aliphatic rings. The van der Waals surface area contributed by atoms with Gasteiger partial charge >= 0.3 is 19.5 Å². The van der Waals surface area contributed by atoms with Crippen molar-refractivity contribution in [3.63, 3.8) is 0 Å².